The van der Waals surface area contributed by atoms with Gasteiger partial charge in [-0.05, 0) is 24.3 Å². The standard InChI is InChI=1S/C18H15NO2S.C2H6/c1-2-13(12-22-14-8-4-3-5-9-14)19-17(20)15-10-6-7-11-16(15)18(19)21;1-2/h2-11,13H,1,12H2;1-2H3/t13-;/m1./s1. The third kappa shape index (κ3) is 3.60. The van der Waals surface area contributed by atoms with Crippen molar-refractivity contribution < 1.29 is 9.59 Å². The number of amides is 2. The second-order valence-electron chi connectivity index (χ2n) is 4.95. The Kier molecular flexibility index (Phi) is 6.38. The van der Waals surface area contributed by atoms with Crippen LogP contribution in [-0.4, -0.2) is 28.5 Å². The monoisotopic (exact) mass is 339 g/mol. The molecule has 1 heterocycles. The summed E-state index contributed by atoms with van der Waals surface area (Å²) in [4.78, 5) is 27.3. The van der Waals surface area contributed by atoms with Crippen LogP contribution in [0.5, 0.6) is 0 Å². The maximum absolute atomic E-state index is 12.5. The first-order valence-electron chi connectivity index (χ1n) is 7.99. The Morgan fingerprint density at radius 3 is 1.96 bits per heavy atom. The smallest absolute Gasteiger partial charge is 0.262 e. The van der Waals surface area contributed by atoms with Gasteiger partial charge in [-0.3, -0.25) is 14.5 Å². The quantitative estimate of drug-likeness (QED) is 0.452. The van der Waals surface area contributed by atoms with Crippen LogP contribution in [0.15, 0.2) is 72.1 Å². The largest absolute Gasteiger partial charge is 0.269 e. The first-order valence-corrected chi connectivity index (χ1v) is 8.98. The van der Waals surface area contributed by atoms with Gasteiger partial charge < -0.3 is 0 Å². The van der Waals surface area contributed by atoms with Gasteiger partial charge in [0.2, 0.25) is 0 Å². The van der Waals surface area contributed by atoms with E-state index in [1.54, 1.807) is 42.1 Å². The van der Waals surface area contributed by atoms with Gasteiger partial charge in [-0.25, -0.2) is 0 Å². The van der Waals surface area contributed by atoms with E-state index in [4.69, 9.17) is 0 Å². The van der Waals surface area contributed by atoms with Crippen LogP contribution in [0, 0.1) is 0 Å². The molecule has 0 aliphatic carbocycles. The van der Waals surface area contributed by atoms with Gasteiger partial charge in [-0.2, -0.15) is 0 Å². The number of fused-ring (bicyclic) bond motifs is 1. The molecule has 0 radical (unpaired) electrons. The van der Waals surface area contributed by atoms with Crippen LogP contribution < -0.4 is 0 Å². The zero-order valence-corrected chi connectivity index (χ0v) is 14.8. The minimum atomic E-state index is -0.322. The summed E-state index contributed by atoms with van der Waals surface area (Å²) in [6, 6.07) is 16.5. The second-order valence-corrected chi connectivity index (χ2v) is 6.05. The fourth-order valence-electron chi connectivity index (χ4n) is 2.46. The van der Waals surface area contributed by atoms with Crippen LogP contribution in [-0.2, 0) is 0 Å². The summed E-state index contributed by atoms with van der Waals surface area (Å²) in [5.41, 5.74) is 0.952. The molecule has 1 aliphatic rings. The van der Waals surface area contributed by atoms with Crippen molar-refractivity contribution in [1.82, 2.24) is 4.90 Å². The molecule has 1 atom stereocenters. The minimum absolute atomic E-state index is 0.237. The third-order valence-electron chi connectivity index (χ3n) is 3.59. The molecule has 2 aromatic carbocycles. The Balaban J connectivity index is 0.00000100. The lowest BCUT2D eigenvalue weighted by Crippen LogP contribution is -2.40. The molecule has 4 heteroatoms. The van der Waals surface area contributed by atoms with E-state index in [0.29, 0.717) is 16.9 Å². The molecule has 0 N–H and O–H groups in total. The molecule has 3 nitrogen and oxygen atoms in total. The van der Waals surface area contributed by atoms with Crippen molar-refractivity contribution in [3.05, 3.63) is 78.4 Å². The van der Waals surface area contributed by atoms with Gasteiger partial charge in [-0.15, -0.1) is 18.3 Å². The second kappa shape index (κ2) is 8.50. The van der Waals surface area contributed by atoms with E-state index in [9.17, 15) is 9.59 Å². The van der Waals surface area contributed by atoms with Gasteiger partial charge in [0.15, 0.2) is 0 Å². The Bertz CT molecular complexity index is 692. The molecule has 0 saturated heterocycles. The lowest BCUT2D eigenvalue weighted by Gasteiger charge is -2.22. The summed E-state index contributed by atoms with van der Waals surface area (Å²) >= 11 is 1.61. The molecule has 2 amide bonds. The van der Waals surface area contributed by atoms with Crippen LogP contribution in [0.3, 0.4) is 0 Å². The summed E-state index contributed by atoms with van der Waals surface area (Å²) in [7, 11) is 0. The highest BCUT2D eigenvalue weighted by molar-refractivity contribution is 7.99. The lowest BCUT2D eigenvalue weighted by atomic mass is 10.1. The number of nitrogens with zero attached hydrogens (tertiary/aromatic N) is 1. The van der Waals surface area contributed by atoms with Gasteiger partial charge in [-0.1, -0.05) is 50.3 Å². The number of hydrogen-bond donors (Lipinski definition) is 0. The number of thioether (sulfide) groups is 1. The first-order chi connectivity index (χ1) is 11.7. The van der Waals surface area contributed by atoms with Crippen LogP contribution in [0.4, 0.5) is 0 Å². The number of imide groups is 1. The zero-order valence-electron chi connectivity index (χ0n) is 13.9. The minimum Gasteiger partial charge on any atom is -0.269 e. The van der Waals surface area contributed by atoms with Crippen molar-refractivity contribution in [2.45, 2.75) is 24.8 Å². The average molecular weight is 339 g/mol. The van der Waals surface area contributed by atoms with Crippen molar-refractivity contribution in [1.29, 1.82) is 0 Å². The summed E-state index contributed by atoms with van der Waals surface area (Å²) in [6.07, 6.45) is 1.66. The highest BCUT2D eigenvalue weighted by atomic mass is 32.2. The summed E-state index contributed by atoms with van der Waals surface area (Å²) in [5.74, 6) is 0.122. The highest BCUT2D eigenvalue weighted by Gasteiger charge is 2.38. The van der Waals surface area contributed by atoms with Crippen molar-refractivity contribution in [2.75, 3.05) is 5.75 Å². The number of carbonyl (C=O) groups is 2. The first kappa shape index (κ1) is 18.0. The van der Waals surface area contributed by atoms with E-state index in [-0.39, 0.29) is 17.9 Å². The molecule has 0 bridgehead atoms. The van der Waals surface area contributed by atoms with Crippen molar-refractivity contribution in [2.24, 2.45) is 0 Å². The molecule has 0 saturated carbocycles. The maximum atomic E-state index is 12.5. The van der Waals surface area contributed by atoms with Gasteiger partial charge in [0.1, 0.15) is 0 Å². The summed E-state index contributed by atoms with van der Waals surface area (Å²) in [6.45, 7) is 7.79. The molecular formula is C20H21NO2S. The molecule has 124 valence electrons. The summed E-state index contributed by atoms with van der Waals surface area (Å²) in [5, 5.41) is 0. The van der Waals surface area contributed by atoms with E-state index in [0.717, 1.165) is 4.90 Å². The Morgan fingerprint density at radius 1 is 0.958 bits per heavy atom. The van der Waals surface area contributed by atoms with Gasteiger partial charge in [0, 0.05) is 10.6 Å². The molecule has 0 aromatic heterocycles. The van der Waals surface area contributed by atoms with E-state index in [2.05, 4.69) is 6.58 Å². The van der Waals surface area contributed by atoms with Crippen LogP contribution in [0.1, 0.15) is 34.6 Å². The molecular weight excluding hydrogens is 318 g/mol. The van der Waals surface area contributed by atoms with Crippen molar-refractivity contribution >= 4 is 23.6 Å². The predicted octanol–water partition coefficient (Wildman–Crippen LogP) is 4.66. The molecule has 2 aromatic rings. The molecule has 24 heavy (non-hydrogen) atoms. The molecule has 3 rings (SSSR count). The summed E-state index contributed by atoms with van der Waals surface area (Å²) < 4.78 is 0. The van der Waals surface area contributed by atoms with Gasteiger partial charge in [0.25, 0.3) is 11.8 Å². The SMILES string of the molecule is C=C[C@H](CSc1ccccc1)N1C(=O)c2ccccc2C1=O.CC. The molecule has 0 unspecified atom stereocenters. The molecule has 0 spiro atoms. The fraction of sp³-hybridized carbons (Fsp3) is 0.200. The molecule has 0 fully saturated rings. The van der Waals surface area contributed by atoms with Gasteiger partial charge in [0.05, 0.1) is 17.2 Å². The Labute approximate surface area is 147 Å². The topological polar surface area (TPSA) is 37.4 Å². The zero-order chi connectivity index (χ0) is 17.5. The highest BCUT2D eigenvalue weighted by Crippen LogP contribution is 2.27. The lowest BCUT2D eigenvalue weighted by molar-refractivity contribution is 0.0628. The van der Waals surface area contributed by atoms with E-state index >= 15 is 0 Å². The Morgan fingerprint density at radius 2 is 1.46 bits per heavy atom. The predicted molar refractivity (Wildman–Crippen MR) is 99.4 cm³/mol. The average Bonchev–Trinajstić information content (AvgIpc) is 2.90. The normalized spacial score (nSPS) is 13.8. The van der Waals surface area contributed by atoms with Crippen LogP contribution in [0.25, 0.3) is 0 Å². The van der Waals surface area contributed by atoms with Crippen LogP contribution >= 0.6 is 11.8 Å². The van der Waals surface area contributed by atoms with E-state index in [1.165, 1.54) is 4.90 Å². The third-order valence-corrected chi connectivity index (χ3v) is 4.71. The number of benzene rings is 2. The Hall–Kier alpha value is -2.33. The number of carbonyl (C=O) groups excluding carboxylic acids is 2. The van der Waals surface area contributed by atoms with E-state index in [1.807, 2.05) is 44.2 Å². The van der Waals surface area contributed by atoms with Crippen molar-refractivity contribution in [3.63, 3.8) is 0 Å². The molecule has 1 aliphatic heterocycles. The number of hydrogen-bond acceptors (Lipinski definition) is 3. The fourth-order valence-corrected chi connectivity index (χ4v) is 3.45. The maximum Gasteiger partial charge on any atom is 0.262 e. The van der Waals surface area contributed by atoms with E-state index < -0.39 is 0 Å². The number of rotatable bonds is 5. The van der Waals surface area contributed by atoms with Gasteiger partial charge >= 0.3 is 0 Å². The van der Waals surface area contributed by atoms with Crippen LogP contribution in [0.2, 0.25) is 0 Å². The van der Waals surface area contributed by atoms with Crippen molar-refractivity contribution in [3.8, 4) is 0 Å².